The molecule has 0 aliphatic heterocycles. The van der Waals surface area contributed by atoms with Gasteiger partial charge in [-0.15, -0.1) is 23.1 Å². The van der Waals surface area contributed by atoms with E-state index in [1.54, 1.807) is 49.5 Å². The summed E-state index contributed by atoms with van der Waals surface area (Å²) in [5.41, 5.74) is 1.02. The zero-order valence-corrected chi connectivity index (χ0v) is 20.0. The summed E-state index contributed by atoms with van der Waals surface area (Å²) in [5.74, 6) is 1.56. The molecule has 2 aromatic rings. The maximum Gasteiger partial charge on any atom is 0.158 e. The van der Waals surface area contributed by atoms with E-state index >= 15 is 0 Å². The average molecular weight is 440 g/mol. The Labute approximate surface area is 183 Å². The van der Waals surface area contributed by atoms with Gasteiger partial charge in [-0.2, -0.15) is 0 Å². The Bertz CT molecular complexity index is 770. The van der Waals surface area contributed by atoms with Gasteiger partial charge in [0.25, 0.3) is 0 Å². The van der Waals surface area contributed by atoms with Crippen LogP contribution in [0, 0.1) is 6.92 Å². The summed E-state index contributed by atoms with van der Waals surface area (Å²) in [6.07, 6.45) is 5.81. The summed E-state index contributed by atoms with van der Waals surface area (Å²) in [4.78, 5) is 6.61. The van der Waals surface area contributed by atoms with E-state index in [0.717, 1.165) is 27.1 Å². The lowest BCUT2D eigenvalue weighted by Crippen LogP contribution is -1.81. The van der Waals surface area contributed by atoms with Gasteiger partial charge in [0.2, 0.25) is 0 Å². The molecule has 0 spiro atoms. The first-order valence-corrected chi connectivity index (χ1v) is 11.1. The van der Waals surface area contributed by atoms with Crippen molar-refractivity contribution in [2.24, 2.45) is 0 Å². The third-order valence-corrected chi connectivity index (χ3v) is 5.80. The number of aromatic hydroxyl groups is 2. The van der Waals surface area contributed by atoms with Crippen LogP contribution in [0.4, 0.5) is 0 Å². The highest BCUT2D eigenvalue weighted by Crippen LogP contribution is 2.33. The topological polar surface area (TPSA) is 71.8 Å². The Balaban J connectivity index is 0.000000841. The molecule has 29 heavy (non-hydrogen) atoms. The lowest BCUT2D eigenvalue weighted by Gasteiger charge is -2.02. The number of aryl methyl sites for hydroxylation is 1. The number of thiazole rings is 1. The molecule has 0 unspecified atom stereocenters. The van der Waals surface area contributed by atoms with Crippen LogP contribution in [0.2, 0.25) is 0 Å². The highest BCUT2D eigenvalue weighted by atomic mass is 32.2. The fourth-order valence-corrected chi connectivity index (χ4v) is 3.83. The Hall–Kier alpha value is -1.96. The predicted molar refractivity (Wildman–Crippen MR) is 125 cm³/mol. The first-order valence-electron chi connectivity index (χ1n) is 9.34. The predicted octanol–water partition coefficient (Wildman–Crippen LogP) is 6.40. The normalized spacial score (nSPS) is 10.8. The van der Waals surface area contributed by atoms with Crippen molar-refractivity contribution in [3.63, 3.8) is 0 Å². The van der Waals surface area contributed by atoms with Crippen molar-refractivity contribution < 1.29 is 19.7 Å². The molecule has 5 nitrogen and oxygen atoms in total. The van der Waals surface area contributed by atoms with Crippen LogP contribution in [0.3, 0.4) is 0 Å². The number of nitrogens with zero attached hydrogens (tertiary/aromatic N) is 1. The van der Waals surface area contributed by atoms with Gasteiger partial charge in [0.05, 0.1) is 25.2 Å². The van der Waals surface area contributed by atoms with E-state index in [0.29, 0.717) is 6.61 Å². The van der Waals surface area contributed by atoms with E-state index in [1.807, 2.05) is 52.8 Å². The zero-order chi connectivity index (χ0) is 22.2. The highest BCUT2D eigenvalue weighted by Gasteiger charge is 2.07. The van der Waals surface area contributed by atoms with Crippen LogP contribution in [0.15, 0.2) is 41.0 Å². The van der Waals surface area contributed by atoms with E-state index in [9.17, 15) is 10.2 Å². The third-order valence-electron chi connectivity index (χ3n) is 3.48. The number of phenols is 2. The number of ether oxygens (including phenoxy) is 2. The van der Waals surface area contributed by atoms with Crippen molar-refractivity contribution in [2.45, 2.75) is 45.3 Å². The molecule has 1 heterocycles. The van der Waals surface area contributed by atoms with Crippen molar-refractivity contribution in [1.29, 1.82) is 0 Å². The second kappa shape index (κ2) is 15.9. The molecular formula is C22H33NO4S2. The second-order valence-electron chi connectivity index (χ2n) is 5.46. The third kappa shape index (κ3) is 11.0. The number of benzene rings is 1. The summed E-state index contributed by atoms with van der Waals surface area (Å²) >= 11 is 3.25. The molecule has 0 atom stereocenters. The summed E-state index contributed by atoms with van der Waals surface area (Å²) in [6, 6.07) is 4.85. The van der Waals surface area contributed by atoms with E-state index < -0.39 is 0 Å². The van der Waals surface area contributed by atoms with Crippen molar-refractivity contribution in [2.75, 3.05) is 20.8 Å². The number of hydrogen-bond acceptors (Lipinski definition) is 7. The monoisotopic (exact) mass is 439 g/mol. The maximum absolute atomic E-state index is 9.48. The summed E-state index contributed by atoms with van der Waals surface area (Å²) < 4.78 is 9.73. The molecule has 2 rings (SSSR count). The molecule has 0 aliphatic carbocycles. The smallest absolute Gasteiger partial charge is 0.158 e. The Morgan fingerprint density at radius 3 is 2.41 bits per heavy atom. The van der Waals surface area contributed by atoms with Gasteiger partial charge < -0.3 is 19.7 Å². The average Bonchev–Trinajstić information content (AvgIpc) is 3.09. The number of allylic oxidation sites excluding steroid dienone is 2. The minimum atomic E-state index is -0.0983. The molecule has 162 valence electrons. The summed E-state index contributed by atoms with van der Waals surface area (Å²) in [6.45, 7) is 10.4. The first-order chi connectivity index (χ1) is 13.9. The van der Waals surface area contributed by atoms with Crippen molar-refractivity contribution in [3.8, 4) is 11.5 Å². The second-order valence-corrected chi connectivity index (χ2v) is 7.63. The van der Waals surface area contributed by atoms with Gasteiger partial charge in [-0.1, -0.05) is 26.0 Å². The molecule has 2 N–H and O–H groups in total. The van der Waals surface area contributed by atoms with E-state index in [-0.39, 0.29) is 11.5 Å². The van der Waals surface area contributed by atoms with Gasteiger partial charge in [-0.05, 0) is 45.0 Å². The first kappa shape index (κ1) is 27.0. The van der Waals surface area contributed by atoms with Gasteiger partial charge in [-0.3, -0.25) is 0 Å². The molecule has 7 heteroatoms. The standard InChI is InChI=1S/C15H17NO3S2.C5H10O.C2H6/c1-10-14(21-15(16-10)4-3-7-19-2)9-20-11-5-6-12(17)13(18)8-11;1-4-5(2)6-3;1-2/h3-6,8,17-18H,7,9H2,1-2H3;4H,1-3H3;1-2H3/b4-3+;5-4+;. The number of thioether (sulfide) groups is 1. The minimum Gasteiger partial charge on any atom is -0.504 e. The lowest BCUT2D eigenvalue weighted by atomic mass is 10.3. The lowest BCUT2D eigenvalue weighted by molar-refractivity contribution is 0.234. The van der Waals surface area contributed by atoms with Crippen LogP contribution in [-0.2, 0) is 15.2 Å². The molecule has 0 bridgehead atoms. The fraction of sp³-hybridized carbons (Fsp3) is 0.409. The Kier molecular flexibility index (Phi) is 14.8. The van der Waals surface area contributed by atoms with Crippen LogP contribution in [0.5, 0.6) is 11.5 Å². The largest absolute Gasteiger partial charge is 0.504 e. The highest BCUT2D eigenvalue weighted by molar-refractivity contribution is 7.98. The van der Waals surface area contributed by atoms with Crippen LogP contribution in [0.1, 0.15) is 43.3 Å². The van der Waals surface area contributed by atoms with Gasteiger partial charge in [0.1, 0.15) is 5.01 Å². The summed E-state index contributed by atoms with van der Waals surface area (Å²) in [7, 11) is 3.32. The van der Waals surface area contributed by atoms with Crippen LogP contribution < -0.4 is 0 Å². The van der Waals surface area contributed by atoms with Crippen molar-refractivity contribution >= 4 is 29.2 Å². The van der Waals surface area contributed by atoms with Gasteiger partial charge in [0, 0.05) is 22.6 Å². The molecule has 0 fully saturated rings. The van der Waals surface area contributed by atoms with Crippen LogP contribution in [0.25, 0.3) is 6.08 Å². The zero-order valence-electron chi connectivity index (χ0n) is 18.4. The molecule has 0 saturated carbocycles. The maximum atomic E-state index is 9.48. The number of rotatable bonds is 7. The van der Waals surface area contributed by atoms with Gasteiger partial charge in [0.15, 0.2) is 11.5 Å². The molecule has 0 saturated heterocycles. The minimum absolute atomic E-state index is 0.0933. The number of methoxy groups -OCH3 is 2. The van der Waals surface area contributed by atoms with Gasteiger partial charge in [-0.25, -0.2) is 4.98 Å². The van der Waals surface area contributed by atoms with E-state index in [2.05, 4.69) is 4.98 Å². The number of hydrogen-bond donors (Lipinski definition) is 2. The molecule has 0 aliphatic rings. The molecule has 0 amide bonds. The molecule has 0 radical (unpaired) electrons. The SMILES string of the molecule is C/C=C(\C)OC.CC.COC/C=C/c1nc(C)c(CSc2ccc(O)c(O)c2)s1. The Morgan fingerprint density at radius 2 is 1.90 bits per heavy atom. The van der Waals surface area contributed by atoms with Crippen molar-refractivity contribution in [3.05, 3.63) is 51.7 Å². The molecule has 1 aromatic heterocycles. The van der Waals surface area contributed by atoms with Crippen molar-refractivity contribution in [1.82, 2.24) is 4.98 Å². The van der Waals surface area contributed by atoms with Crippen LogP contribution in [-0.4, -0.2) is 36.0 Å². The number of phenolic OH excluding ortho intramolecular Hbond substituents is 2. The van der Waals surface area contributed by atoms with Crippen LogP contribution >= 0.6 is 23.1 Å². The van der Waals surface area contributed by atoms with Gasteiger partial charge >= 0.3 is 0 Å². The quantitative estimate of drug-likeness (QED) is 0.295. The molecule has 1 aromatic carbocycles. The fourth-order valence-electron chi connectivity index (χ4n) is 1.76. The Morgan fingerprint density at radius 1 is 1.21 bits per heavy atom. The molecular weight excluding hydrogens is 406 g/mol. The van der Waals surface area contributed by atoms with E-state index in [1.165, 1.54) is 10.9 Å². The van der Waals surface area contributed by atoms with E-state index in [4.69, 9.17) is 9.47 Å². The number of aromatic nitrogens is 1. The summed E-state index contributed by atoms with van der Waals surface area (Å²) in [5, 5.41) is 19.7.